The van der Waals surface area contributed by atoms with Crippen LogP contribution in [0.15, 0.2) is 23.1 Å². The molecule has 8 heteroatoms. The van der Waals surface area contributed by atoms with E-state index >= 15 is 0 Å². The molecule has 1 atom stereocenters. The van der Waals surface area contributed by atoms with Gasteiger partial charge < -0.3 is 15.4 Å². The average molecular weight is 341 g/mol. The molecule has 1 amide bonds. The molecule has 0 bridgehead atoms. The Labute approximate surface area is 136 Å². The number of likely N-dealkylation sites (tertiary alicyclic amines) is 1. The molecular formula is C15H23N3O4S. The maximum Gasteiger partial charge on any atom is 0.253 e. The summed E-state index contributed by atoms with van der Waals surface area (Å²) in [5.74, 6) is 0.00139. The molecule has 0 radical (unpaired) electrons. The minimum absolute atomic E-state index is 0.0471. The van der Waals surface area contributed by atoms with Crippen molar-refractivity contribution in [3.05, 3.63) is 23.8 Å². The zero-order valence-electron chi connectivity index (χ0n) is 13.6. The molecule has 1 aliphatic heterocycles. The van der Waals surface area contributed by atoms with Gasteiger partial charge in [0.05, 0.1) is 7.11 Å². The molecule has 1 fully saturated rings. The predicted molar refractivity (Wildman–Crippen MR) is 86.9 cm³/mol. The number of carbonyl (C=O) groups is 1. The molecule has 3 N–H and O–H groups in total. The van der Waals surface area contributed by atoms with Crippen molar-refractivity contribution in [2.45, 2.75) is 18.2 Å². The van der Waals surface area contributed by atoms with Gasteiger partial charge in [0.2, 0.25) is 10.0 Å². The standard InChI is InChI=1S/C15H23N3O4S/c1-15(9-16)6-7-18(10-15)14(19)11-4-5-12(22-3)13(8-11)23(20,21)17-2/h4-5,8,17H,6-7,9-10,16H2,1-3H3. The molecule has 1 aromatic rings. The number of amides is 1. The molecule has 1 heterocycles. The molecule has 1 aromatic carbocycles. The van der Waals surface area contributed by atoms with Crippen LogP contribution in [-0.4, -0.2) is 53.0 Å². The van der Waals surface area contributed by atoms with Crippen molar-refractivity contribution in [3.8, 4) is 5.75 Å². The Balaban J connectivity index is 2.34. The summed E-state index contributed by atoms with van der Waals surface area (Å²) in [6.07, 6.45) is 0.840. The Kier molecular flexibility index (Phi) is 4.98. The van der Waals surface area contributed by atoms with E-state index in [2.05, 4.69) is 4.72 Å². The number of carbonyl (C=O) groups excluding carboxylic acids is 1. The Hall–Kier alpha value is -1.64. The van der Waals surface area contributed by atoms with Crippen LogP contribution < -0.4 is 15.2 Å². The molecule has 7 nitrogen and oxygen atoms in total. The summed E-state index contributed by atoms with van der Waals surface area (Å²) >= 11 is 0. The van der Waals surface area contributed by atoms with E-state index in [1.165, 1.54) is 26.3 Å². The predicted octanol–water partition coefficient (Wildman–Crippen LogP) is 0.414. The number of nitrogens with zero attached hydrogens (tertiary/aromatic N) is 1. The molecule has 1 unspecified atom stereocenters. The van der Waals surface area contributed by atoms with E-state index in [1.807, 2.05) is 6.92 Å². The van der Waals surface area contributed by atoms with Crippen molar-refractivity contribution in [2.75, 3.05) is 33.8 Å². The van der Waals surface area contributed by atoms with Gasteiger partial charge in [-0.1, -0.05) is 6.92 Å². The number of hydrogen-bond donors (Lipinski definition) is 2. The summed E-state index contributed by atoms with van der Waals surface area (Å²) in [6.45, 7) is 3.75. The summed E-state index contributed by atoms with van der Waals surface area (Å²) in [6, 6.07) is 4.43. The topological polar surface area (TPSA) is 102 Å². The van der Waals surface area contributed by atoms with Crippen LogP contribution in [0.5, 0.6) is 5.75 Å². The fraction of sp³-hybridized carbons (Fsp3) is 0.533. The van der Waals surface area contributed by atoms with E-state index in [0.717, 1.165) is 6.42 Å². The number of sulfonamides is 1. The minimum Gasteiger partial charge on any atom is -0.495 e. The Bertz CT molecular complexity index is 705. The number of nitrogens with two attached hydrogens (primary N) is 1. The number of hydrogen-bond acceptors (Lipinski definition) is 5. The molecule has 2 rings (SSSR count). The lowest BCUT2D eigenvalue weighted by molar-refractivity contribution is 0.0776. The Morgan fingerprint density at radius 1 is 1.48 bits per heavy atom. The van der Waals surface area contributed by atoms with Crippen LogP contribution in [0, 0.1) is 5.41 Å². The van der Waals surface area contributed by atoms with Gasteiger partial charge in [0.15, 0.2) is 0 Å². The van der Waals surface area contributed by atoms with E-state index in [0.29, 0.717) is 25.2 Å². The van der Waals surface area contributed by atoms with Gasteiger partial charge in [-0.25, -0.2) is 13.1 Å². The third kappa shape index (κ3) is 3.49. The highest BCUT2D eigenvalue weighted by atomic mass is 32.2. The van der Waals surface area contributed by atoms with E-state index in [1.54, 1.807) is 11.0 Å². The van der Waals surface area contributed by atoms with Crippen LogP contribution in [0.4, 0.5) is 0 Å². The smallest absolute Gasteiger partial charge is 0.253 e. The summed E-state index contributed by atoms with van der Waals surface area (Å²) in [4.78, 5) is 14.3. The molecule has 0 aromatic heterocycles. The largest absolute Gasteiger partial charge is 0.495 e. The summed E-state index contributed by atoms with van der Waals surface area (Å²) < 4.78 is 31.5. The lowest BCUT2D eigenvalue weighted by Crippen LogP contribution is -2.34. The number of nitrogens with one attached hydrogen (secondary N) is 1. The van der Waals surface area contributed by atoms with Crippen molar-refractivity contribution in [3.63, 3.8) is 0 Å². The fourth-order valence-electron chi connectivity index (χ4n) is 2.68. The highest BCUT2D eigenvalue weighted by molar-refractivity contribution is 7.89. The first-order chi connectivity index (χ1) is 10.8. The van der Waals surface area contributed by atoms with E-state index in [9.17, 15) is 13.2 Å². The molecule has 1 saturated heterocycles. The lowest BCUT2D eigenvalue weighted by atomic mass is 9.90. The van der Waals surface area contributed by atoms with E-state index < -0.39 is 10.0 Å². The molecule has 0 saturated carbocycles. The van der Waals surface area contributed by atoms with Crippen molar-refractivity contribution < 1.29 is 17.9 Å². The maximum absolute atomic E-state index is 12.6. The minimum atomic E-state index is -3.71. The first kappa shape index (κ1) is 17.7. The zero-order valence-corrected chi connectivity index (χ0v) is 14.4. The van der Waals surface area contributed by atoms with Crippen molar-refractivity contribution in [1.82, 2.24) is 9.62 Å². The highest BCUT2D eigenvalue weighted by Gasteiger charge is 2.35. The third-order valence-corrected chi connectivity index (χ3v) is 5.74. The summed E-state index contributed by atoms with van der Waals surface area (Å²) in [5, 5.41) is 0. The highest BCUT2D eigenvalue weighted by Crippen LogP contribution is 2.31. The second kappa shape index (κ2) is 6.46. The van der Waals surface area contributed by atoms with Gasteiger partial charge in [0, 0.05) is 18.7 Å². The van der Waals surface area contributed by atoms with Crippen LogP contribution in [0.2, 0.25) is 0 Å². The van der Waals surface area contributed by atoms with Crippen LogP contribution in [-0.2, 0) is 10.0 Å². The lowest BCUT2D eigenvalue weighted by Gasteiger charge is -2.22. The van der Waals surface area contributed by atoms with Crippen LogP contribution in [0.3, 0.4) is 0 Å². The third-order valence-electron chi connectivity index (χ3n) is 4.31. The van der Waals surface area contributed by atoms with E-state index in [-0.39, 0.29) is 22.0 Å². The molecule has 23 heavy (non-hydrogen) atoms. The van der Waals surface area contributed by atoms with Crippen LogP contribution in [0.25, 0.3) is 0 Å². The van der Waals surface area contributed by atoms with Gasteiger partial charge in [0.1, 0.15) is 10.6 Å². The fourth-order valence-corrected chi connectivity index (χ4v) is 3.59. The molecular weight excluding hydrogens is 318 g/mol. The number of benzene rings is 1. The zero-order chi connectivity index (χ0) is 17.3. The molecule has 128 valence electrons. The SMILES string of the molecule is CNS(=O)(=O)c1cc(C(=O)N2CCC(C)(CN)C2)ccc1OC. The van der Waals surface area contributed by atoms with Crippen LogP contribution >= 0.6 is 0 Å². The molecule has 0 spiro atoms. The first-order valence-corrected chi connectivity index (χ1v) is 8.85. The second-order valence-electron chi connectivity index (χ2n) is 6.06. The quantitative estimate of drug-likeness (QED) is 0.808. The van der Waals surface area contributed by atoms with Crippen molar-refractivity contribution in [2.24, 2.45) is 11.1 Å². The van der Waals surface area contributed by atoms with Gasteiger partial charge >= 0.3 is 0 Å². The summed E-state index contributed by atoms with van der Waals surface area (Å²) in [5.41, 5.74) is 6.00. The number of rotatable bonds is 5. The molecule has 1 aliphatic rings. The number of methoxy groups -OCH3 is 1. The van der Waals surface area contributed by atoms with Gasteiger partial charge in [0.25, 0.3) is 5.91 Å². The van der Waals surface area contributed by atoms with Gasteiger partial charge in [-0.2, -0.15) is 0 Å². The van der Waals surface area contributed by atoms with Crippen LogP contribution in [0.1, 0.15) is 23.7 Å². The Morgan fingerprint density at radius 2 is 2.17 bits per heavy atom. The van der Waals surface area contributed by atoms with Gasteiger partial charge in [-0.05, 0) is 43.6 Å². The second-order valence-corrected chi connectivity index (χ2v) is 7.92. The van der Waals surface area contributed by atoms with Crippen molar-refractivity contribution in [1.29, 1.82) is 0 Å². The first-order valence-electron chi connectivity index (χ1n) is 7.37. The molecule has 0 aliphatic carbocycles. The van der Waals surface area contributed by atoms with Gasteiger partial charge in [-0.15, -0.1) is 0 Å². The van der Waals surface area contributed by atoms with Gasteiger partial charge in [-0.3, -0.25) is 4.79 Å². The van der Waals surface area contributed by atoms with E-state index in [4.69, 9.17) is 10.5 Å². The van der Waals surface area contributed by atoms with Crippen molar-refractivity contribution >= 4 is 15.9 Å². The maximum atomic E-state index is 12.6. The Morgan fingerprint density at radius 3 is 2.70 bits per heavy atom. The monoisotopic (exact) mass is 341 g/mol. The summed E-state index contributed by atoms with van der Waals surface area (Å²) in [7, 11) is -1.01. The normalized spacial score (nSPS) is 21.5. The average Bonchev–Trinajstić information content (AvgIpc) is 2.96. The number of ether oxygens (including phenoxy) is 1.